The van der Waals surface area contributed by atoms with E-state index >= 15 is 0 Å². The van der Waals surface area contributed by atoms with E-state index in [9.17, 15) is 4.57 Å². The Labute approximate surface area is 123 Å². The van der Waals surface area contributed by atoms with Gasteiger partial charge in [-0.3, -0.25) is 4.57 Å². The SMILES string of the molecule is CO[C@@H]1[C@H](OC)[C@@H](/C=C/P(=O)(O)O)O[C@H]1c1ccccc1. The third-order valence-electron chi connectivity index (χ3n) is 3.39. The van der Waals surface area contributed by atoms with Crippen molar-refractivity contribution in [2.24, 2.45) is 0 Å². The molecule has 4 atom stereocenters. The van der Waals surface area contributed by atoms with Crippen molar-refractivity contribution in [2.45, 2.75) is 24.4 Å². The average molecular weight is 314 g/mol. The summed E-state index contributed by atoms with van der Waals surface area (Å²) in [5.41, 5.74) is 0.929. The average Bonchev–Trinajstić information content (AvgIpc) is 2.83. The molecule has 0 unspecified atom stereocenters. The van der Waals surface area contributed by atoms with E-state index < -0.39 is 19.8 Å². The zero-order valence-electron chi connectivity index (χ0n) is 11.8. The van der Waals surface area contributed by atoms with Gasteiger partial charge in [-0.1, -0.05) is 30.3 Å². The van der Waals surface area contributed by atoms with Gasteiger partial charge in [-0.15, -0.1) is 0 Å². The highest BCUT2D eigenvalue weighted by Crippen LogP contribution is 2.40. The molecule has 2 rings (SSSR count). The molecule has 1 fully saturated rings. The molecule has 1 aliphatic rings. The van der Waals surface area contributed by atoms with Crippen molar-refractivity contribution in [3.63, 3.8) is 0 Å². The monoisotopic (exact) mass is 314 g/mol. The highest BCUT2D eigenvalue weighted by atomic mass is 31.2. The first kappa shape index (κ1) is 16.4. The summed E-state index contributed by atoms with van der Waals surface area (Å²) in [6.45, 7) is 0. The van der Waals surface area contributed by atoms with E-state index in [-0.39, 0.29) is 12.2 Å². The summed E-state index contributed by atoms with van der Waals surface area (Å²) in [6.07, 6.45) is -0.402. The van der Waals surface area contributed by atoms with E-state index in [4.69, 9.17) is 24.0 Å². The molecule has 0 radical (unpaired) electrons. The van der Waals surface area contributed by atoms with E-state index in [1.807, 2.05) is 30.3 Å². The van der Waals surface area contributed by atoms with Crippen molar-refractivity contribution in [1.82, 2.24) is 0 Å². The van der Waals surface area contributed by atoms with Gasteiger partial charge in [-0.2, -0.15) is 0 Å². The lowest BCUT2D eigenvalue weighted by Crippen LogP contribution is -2.33. The number of methoxy groups -OCH3 is 2. The molecule has 0 bridgehead atoms. The largest absolute Gasteiger partial charge is 0.376 e. The van der Waals surface area contributed by atoms with Crippen LogP contribution in [0.1, 0.15) is 11.7 Å². The molecule has 1 aromatic carbocycles. The van der Waals surface area contributed by atoms with Gasteiger partial charge in [-0.05, 0) is 11.6 Å². The van der Waals surface area contributed by atoms with Crippen LogP contribution in [0.4, 0.5) is 0 Å². The van der Waals surface area contributed by atoms with Gasteiger partial charge < -0.3 is 24.0 Å². The fourth-order valence-corrected chi connectivity index (χ4v) is 2.87. The zero-order valence-corrected chi connectivity index (χ0v) is 12.7. The molecule has 1 aromatic rings. The first-order valence-corrected chi connectivity index (χ1v) is 8.15. The zero-order chi connectivity index (χ0) is 15.5. The quantitative estimate of drug-likeness (QED) is 0.807. The number of hydrogen-bond acceptors (Lipinski definition) is 4. The summed E-state index contributed by atoms with van der Waals surface area (Å²) >= 11 is 0. The lowest BCUT2D eigenvalue weighted by Gasteiger charge is -2.21. The Morgan fingerprint density at radius 2 is 1.76 bits per heavy atom. The number of ether oxygens (including phenoxy) is 3. The first-order valence-electron chi connectivity index (χ1n) is 6.47. The molecule has 0 saturated carbocycles. The molecule has 7 heteroatoms. The first-order chi connectivity index (χ1) is 9.96. The fraction of sp³-hybridized carbons (Fsp3) is 0.429. The molecule has 0 aliphatic carbocycles. The number of benzene rings is 1. The molecule has 6 nitrogen and oxygen atoms in total. The van der Waals surface area contributed by atoms with Crippen LogP contribution in [0, 0.1) is 0 Å². The normalized spacial score (nSPS) is 30.1. The lowest BCUT2D eigenvalue weighted by atomic mass is 10.0. The van der Waals surface area contributed by atoms with E-state index in [1.165, 1.54) is 13.2 Å². The van der Waals surface area contributed by atoms with Crippen molar-refractivity contribution in [2.75, 3.05) is 14.2 Å². The van der Waals surface area contributed by atoms with Crippen LogP contribution < -0.4 is 0 Å². The molecule has 1 aliphatic heterocycles. The summed E-state index contributed by atoms with van der Waals surface area (Å²) in [5.74, 6) is 0.837. The minimum absolute atomic E-state index is 0.354. The minimum Gasteiger partial charge on any atom is -0.376 e. The number of hydrogen-bond donors (Lipinski definition) is 2. The second-order valence-corrected chi connectivity index (χ2v) is 6.24. The topological polar surface area (TPSA) is 85.2 Å². The Bertz CT molecular complexity index is 526. The molecule has 116 valence electrons. The molecule has 0 amide bonds. The molecule has 21 heavy (non-hydrogen) atoms. The van der Waals surface area contributed by atoms with Gasteiger partial charge in [0.1, 0.15) is 24.4 Å². The summed E-state index contributed by atoms with van der Waals surface area (Å²) in [7, 11) is -1.15. The standard InChI is InChI=1S/C14H19O6P/c1-18-13-11(8-9-21(15,16)17)20-12(14(13)19-2)10-6-4-3-5-7-10/h3-9,11-14H,1-2H3,(H2,15,16,17)/b9-8+/t11-,12+,13-,14+/m1/s1. The van der Waals surface area contributed by atoms with Crippen molar-refractivity contribution in [1.29, 1.82) is 0 Å². The van der Waals surface area contributed by atoms with Crippen LogP contribution in [0.15, 0.2) is 42.2 Å². The molecule has 1 saturated heterocycles. The Balaban J connectivity index is 2.25. The van der Waals surface area contributed by atoms with Crippen LogP contribution in [0.3, 0.4) is 0 Å². The predicted octanol–water partition coefficient (Wildman–Crippen LogP) is 1.85. The van der Waals surface area contributed by atoms with Gasteiger partial charge in [0.25, 0.3) is 0 Å². The molecule has 0 spiro atoms. The van der Waals surface area contributed by atoms with Crippen molar-refractivity contribution >= 4 is 7.60 Å². The Hall–Kier alpha value is -1.01. The van der Waals surface area contributed by atoms with Gasteiger partial charge >= 0.3 is 7.60 Å². The van der Waals surface area contributed by atoms with Crippen LogP contribution in [0.25, 0.3) is 0 Å². The molecule has 0 aromatic heterocycles. The summed E-state index contributed by atoms with van der Waals surface area (Å²) in [4.78, 5) is 17.9. The lowest BCUT2D eigenvalue weighted by molar-refractivity contribution is -0.0264. The highest BCUT2D eigenvalue weighted by Gasteiger charge is 2.44. The smallest absolute Gasteiger partial charge is 0.348 e. The maximum absolute atomic E-state index is 11.0. The Kier molecular flexibility index (Phi) is 5.32. The second-order valence-electron chi connectivity index (χ2n) is 4.76. The van der Waals surface area contributed by atoms with Crippen LogP contribution in [-0.2, 0) is 18.8 Å². The third kappa shape index (κ3) is 4.01. The van der Waals surface area contributed by atoms with Gasteiger partial charge in [0.05, 0.1) is 0 Å². The summed E-state index contributed by atoms with van der Waals surface area (Å²) < 4.78 is 27.7. The summed E-state index contributed by atoms with van der Waals surface area (Å²) in [5, 5.41) is 0. The van der Waals surface area contributed by atoms with E-state index in [2.05, 4.69) is 0 Å². The van der Waals surface area contributed by atoms with E-state index in [1.54, 1.807) is 7.11 Å². The van der Waals surface area contributed by atoms with Gasteiger partial charge in [0.2, 0.25) is 0 Å². The third-order valence-corrected chi connectivity index (χ3v) is 3.95. The maximum atomic E-state index is 11.0. The Morgan fingerprint density at radius 1 is 1.14 bits per heavy atom. The van der Waals surface area contributed by atoms with Gasteiger partial charge in [0.15, 0.2) is 0 Å². The Morgan fingerprint density at radius 3 is 2.29 bits per heavy atom. The van der Waals surface area contributed by atoms with Crippen molar-refractivity contribution in [3.8, 4) is 0 Å². The molecule has 2 N–H and O–H groups in total. The predicted molar refractivity (Wildman–Crippen MR) is 76.8 cm³/mol. The van der Waals surface area contributed by atoms with Crippen molar-refractivity contribution < 1.29 is 28.6 Å². The van der Waals surface area contributed by atoms with E-state index in [0.29, 0.717) is 0 Å². The van der Waals surface area contributed by atoms with Crippen LogP contribution in [0.2, 0.25) is 0 Å². The second kappa shape index (κ2) is 6.83. The van der Waals surface area contributed by atoms with Crippen LogP contribution in [-0.4, -0.2) is 42.3 Å². The maximum Gasteiger partial charge on any atom is 0.348 e. The molecular formula is C14H19O6P. The highest BCUT2D eigenvalue weighted by molar-refractivity contribution is 7.55. The van der Waals surface area contributed by atoms with E-state index in [0.717, 1.165) is 11.4 Å². The molecular weight excluding hydrogens is 295 g/mol. The fourth-order valence-electron chi connectivity index (χ4n) is 2.47. The van der Waals surface area contributed by atoms with Crippen LogP contribution in [0.5, 0.6) is 0 Å². The minimum atomic E-state index is -4.23. The molecule has 1 heterocycles. The summed E-state index contributed by atoms with van der Waals surface area (Å²) in [6, 6.07) is 9.52. The number of rotatable bonds is 5. The van der Waals surface area contributed by atoms with Crippen LogP contribution >= 0.6 is 7.60 Å². The van der Waals surface area contributed by atoms with Gasteiger partial charge in [0, 0.05) is 20.0 Å². The van der Waals surface area contributed by atoms with Crippen molar-refractivity contribution in [3.05, 3.63) is 47.8 Å². The van der Waals surface area contributed by atoms with Gasteiger partial charge in [-0.25, -0.2) is 0 Å².